The van der Waals surface area contributed by atoms with E-state index in [-0.39, 0.29) is 5.60 Å². The minimum absolute atomic E-state index is 0.223. The van der Waals surface area contributed by atoms with Crippen molar-refractivity contribution in [2.24, 2.45) is 11.8 Å². The first kappa shape index (κ1) is 6.66. The van der Waals surface area contributed by atoms with Gasteiger partial charge in [-0.1, -0.05) is 13.3 Å². The molecule has 2 rings (SSSR count). The first-order chi connectivity index (χ1) is 4.71. The van der Waals surface area contributed by atoms with E-state index in [9.17, 15) is 5.11 Å². The lowest BCUT2D eigenvalue weighted by atomic mass is 9.95. The van der Waals surface area contributed by atoms with E-state index in [1.54, 1.807) is 0 Å². The molecule has 1 heteroatoms. The SMILES string of the molecule is CC1CC2CCCC2(O)C1. The van der Waals surface area contributed by atoms with E-state index in [0.717, 1.165) is 18.8 Å². The predicted molar refractivity (Wildman–Crippen MR) is 40.7 cm³/mol. The molecule has 0 amide bonds. The van der Waals surface area contributed by atoms with Crippen LogP contribution in [0, 0.1) is 11.8 Å². The molecule has 0 aromatic carbocycles. The Balaban J connectivity index is 2.15. The largest absolute Gasteiger partial charge is 0.390 e. The first-order valence-corrected chi connectivity index (χ1v) is 4.43. The van der Waals surface area contributed by atoms with E-state index in [4.69, 9.17) is 0 Å². The van der Waals surface area contributed by atoms with Gasteiger partial charge in [-0.15, -0.1) is 0 Å². The summed E-state index contributed by atoms with van der Waals surface area (Å²) < 4.78 is 0. The van der Waals surface area contributed by atoms with Crippen LogP contribution in [0.5, 0.6) is 0 Å². The standard InChI is InChI=1S/C9H16O/c1-7-5-8-3-2-4-9(8,10)6-7/h7-8,10H,2-6H2,1H3. The Labute approximate surface area is 62.4 Å². The molecule has 2 saturated carbocycles. The smallest absolute Gasteiger partial charge is 0.0678 e. The summed E-state index contributed by atoms with van der Waals surface area (Å²) in [7, 11) is 0. The molecule has 0 aliphatic heterocycles. The van der Waals surface area contributed by atoms with Crippen LogP contribution in [0.1, 0.15) is 39.0 Å². The van der Waals surface area contributed by atoms with Crippen molar-refractivity contribution < 1.29 is 5.11 Å². The number of rotatable bonds is 0. The van der Waals surface area contributed by atoms with Crippen LogP contribution >= 0.6 is 0 Å². The van der Waals surface area contributed by atoms with Gasteiger partial charge < -0.3 is 5.11 Å². The van der Waals surface area contributed by atoms with Crippen LogP contribution in [-0.4, -0.2) is 10.7 Å². The molecule has 2 fully saturated rings. The molecule has 10 heavy (non-hydrogen) atoms. The van der Waals surface area contributed by atoms with Crippen molar-refractivity contribution >= 4 is 0 Å². The van der Waals surface area contributed by atoms with Crippen LogP contribution < -0.4 is 0 Å². The highest BCUT2D eigenvalue weighted by molar-refractivity contribution is 4.98. The van der Waals surface area contributed by atoms with Crippen molar-refractivity contribution in [3.63, 3.8) is 0 Å². The summed E-state index contributed by atoms with van der Waals surface area (Å²) in [6, 6.07) is 0. The molecule has 0 heterocycles. The van der Waals surface area contributed by atoms with E-state index in [0.29, 0.717) is 5.92 Å². The average molecular weight is 140 g/mol. The Bertz CT molecular complexity index is 144. The molecule has 0 saturated heterocycles. The summed E-state index contributed by atoms with van der Waals surface area (Å²) >= 11 is 0. The molecule has 0 bridgehead atoms. The molecule has 3 atom stereocenters. The molecule has 58 valence electrons. The summed E-state index contributed by atoms with van der Waals surface area (Å²) in [6.45, 7) is 2.26. The van der Waals surface area contributed by atoms with E-state index in [2.05, 4.69) is 6.92 Å². The van der Waals surface area contributed by atoms with E-state index < -0.39 is 0 Å². The minimum atomic E-state index is -0.223. The second-order valence-corrected chi connectivity index (χ2v) is 4.24. The van der Waals surface area contributed by atoms with Gasteiger partial charge in [0.2, 0.25) is 0 Å². The fourth-order valence-electron chi connectivity index (χ4n) is 2.91. The van der Waals surface area contributed by atoms with Crippen molar-refractivity contribution in [2.45, 2.75) is 44.6 Å². The van der Waals surface area contributed by atoms with Gasteiger partial charge in [0, 0.05) is 0 Å². The van der Waals surface area contributed by atoms with Crippen LogP contribution in [0.2, 0.25) is 0 Å². The van der Waals surface area contributed by atoms with Gasteiger partial charge >= 0.3 is 0 Å². The molecule has 2 aliphatic carbocycles. The Morgan fingerprint density at radius 3 is 3.00 bits per heavy atom. The highest BCUT2D eigenvalue weighted by Crippen LogP contribution is 2.49. The van der Waals surface area contributed by atoms with Crippen LogP contribution in [-0.2, 0) is 0 Å². The quantitative estimate of drug-likeness (QED) is 0.545. The highest BCUT2D eigenvalue weighted by atomic mass is 16.3. The average Bonchev–Trinajstić information content (AvgIpc) is 2.20. The van der Waals surface area contributed by atoms with E-state index in [1.807, 2.05) is 0 Å². The molecular weight excluding hydrogens is 124 g/mol. The normalized spacial score (nSPS) is 53.4. The van der Waals surface area contributed by atoms with Crippen molar-refractivity contribution in [3.8, 4) is 0 Å². The van der Waals surface area contributed by atoms with E-state index in [1.165, 1.54) is 19.3 Å². The van der Waals surface area contributed by atoms with Gasteiger partial charge in [-0.2, -0.15) is 0 Å². The Kier molecular flexibility index (Phi) is 1.31. The van der Waals surface area contributed by atoms with Crippen molar-refractivity contribution in [2.75, 3.05) is 0 Å². The molecular formula is C9H16O. The Hall–Kier alpha value is -0.0400. The Morgan fingerprint density at radius 1 is 1.50 bits per heavy atom. The van der Waals surface area contributed by atoms with Gasteiger partial charge in [0.1, 0.15) is 0 Å². The maximum absolute atomic E-state index is 10.0. The molecule has 1 N–H and O–H groups in total. The monoisotopic (exact) mass is 140 g/mol. The fourth-order valence-corrected chi connectivity index (χ4v) is 2.91. The maximum atomic E-state index is 10.0. The predicted octanol–water partition coefficient (Wildman–Crippen LogP) is 1.95. The number of fused-ring (bicyclic) bond motifs is 1. The Morgan fingerprint density at radius 2 is 2.30 bits per heavy atom. The lowest BCUT2D eigenvalue weighted by Crippen LogP contribution is -2.27. The molecule has 0 radical (unpaired) electrons. The van der Waals surface area contributed by atoms with Crippen LogP contribution in [0.3, 0.4) is 0 Å². The zero-order valence-electron chi connectivity index (χ0n) is 6.64. The molecule has 0 aromatic heterocycles. The summed E-state index contributed by atoms with van der Waals surface area (Å²) in [5.41, 5.74) is -0.223. The zero-order valence-corrected chi connectivity index (χ0v) is 6.64. The third kappa shape index (κ3) is 0.800. The molecule has 1 nitrogen and oxygen atoms in total. The third-order valence-electron chi connectivity index (χ3n) is 3.31. The zero-order chi connectivity index (χ0) is 7.19. The molecule has 2 aliphatic rings. The minimum Gasteiger partial charge on any atom is -0.390 e. The third-order valence-corrected chi connectivity index (χ3v) is 3.31. The molecule has 0 spiro atoms. The van der Waals surface area contributed by atoms with Crippen molar-refractivity contribution in [3.05, 3.63) is 0 Å². The molecule has 3 unspecified atom stereocenters. The van der Waals surface area contributed by atoms with Gasteiger partial charge in [-0.3, -0.25) is 0 Å². The van der Waals surface area contributed by atoms with Crippen molar-refractivity contribution in [1.82, 2.24) is 0 Å². The lowest BCUT2D eigenvalue weighted by Gasteiger charge is -2.21. The second-order valence-electron chi connectivity index (χ2n) is 4.24. The summed E-state index contributed by atoms with van der Waals surface area (Å²) in [5.74, 6) is 1.43. The number of hydrogen-bond donors (Lipinski definition) is 1. The van der Waals surface area contributed by atoms with Gasteiger partial charge in [-0.05, 0) is 37.5 Å². The highest BCUT2D eigenvalue weighted by Gasteiger charge is 2.47. The van der Waals surface area contributed by atoms with Crippen molar-refractivity contribution in [1.29, 1.82) is 0 Å². The number of aliphatic hydroxyl groups is 1. The second kappa shape index (κ2) is 1.97. The van der Waals surface area contributed by atoms with Crippen LogP contribution in [0.15, 0.2) is 0 Å². The first-order valence-electron chi connectivity index (χ1n) is 4.43. The fraction of sp³-hybridized carbons (Fsp3) is 1.00. The summed E-state index contributed by atoms with van der Waals surface area (Å²) in [4.78, 5) is 0. The van der Waals surface area contributed by atoms with Gasteiger partial charge in [0.25, 0.3) is 0 Å². The van der Waals surface area contributed by atoms with Gasteiger partial charge in [-0.25, -0.2) is 0 Å². The summed E-state index contributed by atoms with van der Waals surface area (Å²) in [6.07, 6.45) is 5.95. The van der Waals surface area contributed by atoms with Gasteiger partial charge in [0.05, 0.1) is 5.60 Å². The number of hydrogen-bond acceptors (Lipinski definition) is 1. The maximum Gasteiger partial charge on any atom is 0.0678 e. The lowest BCUT2D eigenvalue weighted by molar-refractivity contribution is 0.0214. The summed E-state index contributed by atoms with van der Waals surface area (Å²) in [5, 5.41) is 10.0. The van der Waals surface area contributed by atoms with E-state index >= 15 is 0 Å². The van der Waals surface area contributed by atoms with Crippen LogP contribution in [0.4, 0.5) is 0 Å². The van der Waals surface area contributed by atoms with Crippen LogP contribution in [0.25, 0.3) is 0 Å². The van der Waals surface area contributed by atoms with Gasteiger partial charge in [0.15, 0.2) is 0 Å². The molecule has 0 aromatic rings. The topological polar surface area (TPSA) is 20.2 Å².